The minimum Gasteiger partial charge on any atom is -0.390 e. The molecule has 18 heavy (non-hydrogen) atoms. The molecule has 0 aromatic rings. The first-order valence-corrected chi connectivity index (χ1v) is 8.05. The van der Waals surface area contributed by atoms with Gasteiger partial charge < -0.3 is 5.11 Å². The molecule has 0 unspecified atom stereocenters. The van der Waals surface area contributed by atoms with E-state index in [2.05, 4.69) is 0 Å². The lowest BCUT2D eigenvalue weighted by Gasteiger charge is -2.36. The van der Waals surface area contributed by atoms with Gasteiger partial charge in [-0.3, -0.25) is 0 Å². The van der Waals surface area contributed by atoms with E-state index < -0.39 is 27.5 Å². The number of hydrogen-bond donors (Lipinski definition) is 1. The lowest BCUT2D eigenvalue weighted by molar-refractivity contribution is -0.192. The van der Waals surface area contributed by atoms with Crippen LogP contribution in [-0.4, -0.2) is 37.3 Å². The predicted octanol–water partition coefficient (Wildman–Crippen LogP) is 2.29. The first-order valence-electron chi connectivity index (χ1n) is 5.99. The fraction of sp³-hybridized carbons (Fsp3) is 1.00. The summed E-state index contributed by atoms with van der Waals surface area (Å²) >= 11 is 0. The zero-order valence-corrected chi connectivity index (χ0v) is 11.1. The molecule has 3 nitrogen and oxygen atoms in total. The summed E-state index contributed by atoms with van der Waals surface area (Å²) in [7, 11) is -3.08. The first-order chi connectivity index (χ1) is 8.02. The van der Waals surface area contributed by atoms with Crippen LogP contribution in [0.2, 0.25) is 0 Å². The molecular formula is C11H19F3O3S. The van der Waals surface area contributed by atoms with Crippen molar-refractivity contribution < 1.29 is 26.7 Å². The van der Waals surface area contributed by atoms with Gasteiger partial charge in [0.1, 0.15) is 9.84 Å². The van der Waals surface area contributed by atoms with Crippen LogP contribution in [0.3, 0.4) is 0 Å². The van der Waals surface area contributed by atoms with Crippen molar-refractivity contribution in [2.45, 2.75) is 50.3 Å². The van der Waals surface area contributed by atoms with E-state index in [9.17, 15) is 26.7 Å². The van der Waals surface area contributed by atoms with Gasteiger partial charge >= 0.3 is 6.18 Å². The van der Waals surface area contributed by atoms with Gasteiger partial charge in [-0.15, -0.1) is 0 Å². The molecule has 1 rings (SSSR count). The maximum absolute atomic E-state index is 12.4. The highest BCUT2D eigenvalue weighted by Crippen LogP contribution is 2.42. The Kier molecular flexibility index (Phi) is 4.70. The molecule has 1 aliphatic carbocycles. The number of hydrogen-bond acceptors (Lipinski definition) is 3. The van der Waals surface area contributed by atoms with E-state index in [4.69, 9.17) is 0 Å². The molecule has 1 N–H and O–H groups in total. The van der Waals surface area contributed by atoms with Gasteiger partial charge in [-0.2, -0.15) is 13.2 Å². The van der Waals surface area contributed by atoms with Crippen molar-refractivity contribution in [2.24, 2.45) is 5.92 Å². The van der Waals surface area contributed by atoms with Crippen molar-refractivity contribution >= 4 is 9.84 Å². The van der Waals surface area contributed by atoms with Crippen LogP contribution in [0.25, 0.3) is 0 Å². The molecule has 0 saturated heterocycles. The van der Waals surface area contributed by atoms with Gasteiger partial charge in [0.25, 0.3) is 0 Å². The van der Waals surface area contributed by atoms with E-state index >= 15 is 0 Å². The molecule has 0 aromatic heterocycles. The van der Waals surface area contributed by atoms with Crippen LogP contribution in [0.1, 0.15) is 38.5 Å². The van der Waals surface area contributed by atoms with Gasteiger partial charge in [0, 0.05) is 12.0 Å². The Balaban J connectivity index is 2.40. The standard InChI is InChI=1S/C11H19F3O3S/c1-18(16,17)8-2-5-10(15)6-3-9(4-7-10)11(12,13)14/h9,15H,2-8H2,1H3. The SMILES string of the molecule is CS(=O)(=O)CCCC1(O)CCC(C(F)(F)F)CC1. The number of sulfone groups is 1. The fourth-order valence-electron chi connectivity index (χ4n) is 2.40. The summed E-state index contributed by atoms with van der Waals surface area (Å²) in [5.74, 6) is -1.36. The van der Waals surface area contributed by atoms with Crippen LogP contribution in [-0.2, 0) is 9.84 Å². The minimum absolute atomic E-state index is 0.0298. The van der Waals surface area contributed by atoms with E-state index in [0.717, 1.165) is 6.26 Å². The number of rotatable bonds is 4. The molecule has 0 amide bonds. The molecule has 108 valence electrons. The average molecular weight is 288 g/mol. The van der Waals surface area contributed by atoms with Crippen molar-refractivity contribution in [1.82, 2.24) is 0 Å². The second-order valence-electron chi connectivity index (χ2n) is 5.27. The summed E-state index contributed by atoms with van der Waals surface area (Å²) in [6.45, 7) is 0. The summed E-state index contributed by atoms with van der Waals surface area (Å²) in [5.41, 5.74) is -1.12. The lowest BCUT2D eigenvalue weighted by atomic mass is 9.76. The second-order valence-corrected chi connectivity index (χ2v) is 7.53. The predicted molar refractivity (Wildman–Crippen MR) is 61.9 cm³/mol. The van der Waals surface area contributed by atoms with Crippen LogP contribution in [0, 0.1) is 5.92 Å². The van der Waals surface area contributed by atoms with Crippen LogP contribution in [0.5, 0.6) is 0 Å². The zero-order valence-electron chi connectivity index (χ0n) is 10.3. The van der Waals surface area contributed by atoms with E-state index in [-0.39, 0.29) is 37.9 Å². The number of aliphatic hydroxyl groups is 1. The smallest absolute Gasteiger partial charge is 0.390 e. The Hall–Kier alpha value is -0.300. The molecule has 1 saturated carbocycles. The fourth-order valence-corrected chi connectivity index (χ4v) is 3.06. The third-order valence-corrected chi connectivity index (χ3v) is 4.57. The van der Waals surface area contributed by atoms with Crippen molar-refractivity contribution in [1.29, 1.82) is 0 Å². The first kappa shape index (κ1) is 15.8. The Morgan fingerprint density at radius 2 is 1.78 bits per heavy atom. The summed E-state index contributed by atoms with van der Waals surface area (Å²) in [4.78, 5) is 0. The van der Waals surface area contributed by atoms with Crippen molar-refractivity contribution in [3.8, 4) is 0 Å². The van der Waals surface area contributed by atoms with E-state index in [0.29, 0.717) is 6.42 Å². The largest absolute Gasteiger partial charge is 0.391 e. The van der Waals surface area contributed by atoms with Crippen molar-refractivity contribution in [3.05, 3.63) is 0 Å². The van der Waals surface area contributed by atoms with Gasteiger partial charge in [-0.1, -0.05) is 0 Å². The molecule has 0 radical (unpaired) electrons. The summed E-state index contributed by atoms with van der Waals surface area (Å²) in [6.07, 6.45) is -2.47. The third kappa shape index (κ3) is 5.14. The molecule has 0 spiro atoms. The molecule has 0 aromatic carbocycles. The Bertz CT molecular complexity index is 367. The highest BCUT2D eigenvalue weighted by Gasteiger charge is 2.44. The molecular weight excluding hydrogens is 269 g/mol. The van der Waals surface area contributed by atoms with Crippen molar-refractivity contribution in [2.75, 3.05) is 12.0 Å². The Morgan fingerprint density at radius 3 is 2.17 bits per heavy atom. The van der Waals surface area contributed by atoms with E-state index in [1.54, 1.807) is 0 Å². The van der Waals surface area contributed by atoms with E-state index in [1.807, 2.05) is 0 Å². The topological polar surface area (TPSA) is 54.4 Å². The summed E-state index contributed by atoms with van der Waals surface area (Å²) in [6, 6.07) is 0. The molecule has 0 heterocycles. The summed E-state index contributed by atoms with van der Waals surface area (Å²) in [5, 5.41) is 10.1. The summed E-state index contributed by atoms with van der Waals surface area (Å²) < 4.78 is 59.2. The monoisotopic (exact) mass is 288 g/mol. The van der Waals surface area contributed by atoms with Gasteiger partial charge in [-0.05, 0) is 38.5 Å². The second kappa shape index (κ2) is 5.36. The Labute approximate surface area is 105 Å². The minimum atomic E-state index is -4.19. The lowest BCUT2D eigenvalue weighted by Crippen LogP contribution is -2.38. The van der Waals surface area contributed by atoms with Gasteiger partial charge in [0.05, 0.1) is 11.5 Å². The maximum Gasteiger partial charge on any atom is 0.391 e. The molecule has 1 aliphatic rings. The maximum atomic E-state index is 12.4. The molecule has 0 atom stereocenters. The Morgan fingerprint density at radius 1 is 1.28 bits per heavy atom. The molecule has 0 aliphatic heterocycles. The van der Waals surface area contributed by atoms with Gasteiger partial charge in [0.15, 0.2) is 0 Å². The van der Waals surface area contributed by atoms with Crippen LogP contribution >= 0.6 is 0 Å². The average Bonchev–Trinajstić information content (AvgIpc) is 2.14. The van der Waals surface area contributed by atoms with Crippen LogP contribution in [0.15, 0.2) is 0 Å². The number of alkyl halides is 3. The molecule has 1 fully saturated rings. The third-order valence-electron chi connectivity index (χ3n) is 3.54. The highest BCUT2D eigenvalue weighted by atomic mass is 32.2. The van der Waals surface area contributed by atoms with Gasteiger partial charge in [-0.25, -0.2) is 8.42 Å². The molecule has 7 heteroatoms. The van der Waals surface area contributed by atoms with E-state index in [1.165, 1.54) is 0 Å². The van der Waals surface area contributed by atoms with Crippen LogP contribution < -0.4 is 0 Å². The quantitative estimate of drug-likeness (QED) is 0.863. The van der Waals surface area contributed by atoms with Crippen molar-refractivity contribution in [3.63, 3.8) is 0 Å². The number of halogens is 3. The highest BCUT2D eigenvalue weighted by molar-refractivity contribution is 7.90. The van der Waals surface area contributed by atoms with Gasteiger partial charge in [0.2, 0.25) is 0 Å². The van der Waals surface area contributed by atoms with Crippen LogP contribution in [0.4, 0.5) is 13.2 Å². The zero-order chi connectivity index (χ0) is 14.0. The molecule has 0 bridgehead atoms. The normalized spacial score (nSPS) is 30.4.